The molecule has 3 heteroatoms. The Hall–Kier alpha value is -1.35. The van der Waals surface area contributed by atoms with E-state index in [1.165, 1.54) is 5.56 Å². The molecule has 0 saturated heterocycles. The number of carbonyl (C=O) groups excluding carboxylic acids is 1. The molecule has 0 radical (unpaired) electrons. The number of carbonyl (C=O) groups is 1. The SMILES string of the molecule is CCC(C)[C@H](N)C(=O)N1CCc2ccccc21. The molecular formula is C14H20N2O. The van der Waals surface area contributed by atoms with Crippen molar-refractivity contribution in [2.24, 2.45) is 11.7 Å². The second-order valence-electron chi connectivity index (χ2n) is 4.78. The molecule has 17 heavy (non-hydrogen) atoms. The van der Waals surface area contributed by atoms with Crippen molar-refractivity contribution in [1.82, 2.24) is 0 Å². The second-order valence-corrected chi connectivity index (χ2v) is 4.78. The van der Waals surface area contributed by atoms with E-state index in [9.17, 15) is 4.79 Å². The first-order valence-electron chi connectivity index (χ1n) is 6.30. The van der Waals surface area contributed by atoms with E-state index in [2.05, 4.69) is 13.0 Å². The largest absolute Gasteiger partial charge is 0.320 e. The number of hydrogen-bond donors (Lipinski definition) is 1. The van der Waals surface area contributed by atoms with Crippen LogP contribution in [0, 0.1) is 5.92 Å². The zero-order valence-electron chi connectivity index (χ0n) is 10.5. The topological polar surface area (TPSA) is 46.3 Å². The monoisotopic (exact) mass is 232 g/mol. The van der Waals surface area contributed by atoms with Crippen LogP contribution in [0.25, 0.3) is 0 Å². The maximum absolute atomic E-state index is 12.3. The van der Waals surface area contributed by atoms with Crippen LogP contribution in [-0.4, -0.2) is 18.5 Å². The summed E-state index contributed by atoms with van der Waals surface area (Å²) in [7, 11) is 0. The standard InChI is InChI=1S/C14H20N2O/c1-3-10(2)13(15)14(17)16-9-8-11-6-4-5-7-12(11)16/h4-7,10,13H,3,8-9,15H2,1-2H3/t10?,13-/m0/s1. The molecule has 0 fully saturated rings. The van der Waals surface area contributed by atoms with Crippen molar-refractivity contribution < 1.29 is 4.79 Å². The summed E-state index contributed by atoms with van der Waals surface area (Å²) in [5.74, 6) is 0.291. The second kappa shape index (κ2) is 4.88. The number of hydrogen-bond acceptors (Lipinski definition) is 2. The molecule has 0 bridgehead atoms. The Labute approximate surface area is 103 Å². The van der Waals surface area contributed by atoms with Crippen LogP contribution in [0.1, 0.15) is 25.8 Å². The third-order valence-electron chi connectivity index (χ3n) is 3.70. The smallest absolute Gasteiger partial charge is 0.244 e. The van der Waals surface area contributed by atoms with Crippen LogP contribution in [0.2, 0.25) is 0 Å². The zero-order chi connectivity index (χ0) is 12.4. The summed E-state index contributed by atoms with van der Waals surface area (Å²) >= 11 is 0. The number of nitrogens with two attached hydrogens (primary N) is 1. The van der Waals surface area contributed by atoms with Gasteiger partial charge in [0.1, 0.15) is 0 Å². The van der Waals surface area contributed by atoms with Crippen molar-refractivity contribution >= 4 is 11.6 Å². The number of para-hydroxylation sites is 1. The van der Waals surface area contributed by atoms with Crippen molar-refractivity contribution in [2.45, 2.75) is 32.7 Å². The van der Waals surface area contributed by atoms with Gasteiger partial charge in [0.15, 0.2) is 0 Å². The first-order chi connectivity index (χ1) is 8.15. The minimum Gasteiger partial charge on any atom is -0.320 e. The van der Waals surface area contributed by atoms with Crippen molar-refractivity contribution in [3.8, 4) is 0 Å². The molecule has 1 aliphatic heterocycles. The highest BCUT2D eigenvalue weighted by Gasteiger charge is 2.29. The highest BCUT2D eigenvalue weighted by molar-refractivity contribution is 5.99. The van der Waals surface area contributed by atoms with E-state index < -0.39 is 0 Å². The van der Waals surface area contributed by atoms with Crippen LogP contribution in [-0.2, 0) is 11.2 Å². The predicted octanol–water partition coefficient (Wildman–Crippen LogP) is 1.95. The summed E-state index contributed by atoms with van der Waals surface area (Å²) in [4.78, 5) is 14.1. The van der Waals surface area contributed by atoms with E-state index in [1.807, 2.05) is 30.0 Å². The van der Waals surface area contributed by atoms with Crippen LogP contribution < -0.4 is 10.6 Å². The molecule has 0 spiro atoms. The van der Waals surface area contributed by atoms with Crippen molar-refractivity contribution in [1.29, 1.82) is 0 Å². The van der Waals surface area contributed by atoms with Gasteiger partial charge in [-0.15, -0.1) is 0 Å². The van der Waals surface area contributed by atoms with E-state index in [1.54, 1.807) is 0 Å². The molecule has 2 rings (SSSR count). The van der Waals surface area contributed by atoms with E-state index in [-0.39, 0.29) is 17.9 Å². The Kier molecular flexibility index (Phi) is 3.48. The van der Waals surface area contributed by atoms with E-state index in [0.717, 1.165) is 25.1 Å². The number of rotatable bonds is 3. The number of amides is 1. The van der Waals surface area contributed by atoms with Gasteiger partial charge in [0.25, 0.3) is 0 Å². The minimum atomic E-state index is -0.383. The van der Waals surface area contributed by atoms with Crippen molar-refractivity contribution in [2.75, 3.05) is 11.4 Å². The first kappa shape index (κ1) is 12.1. The summed E-state index contributed by atoms with van der Waals surface area (Å²) in [6.07, 6.45) is 1.87. The van der Waals surface area contributed by atoms with Gasteiger partial charge in [0, 0.05) is 12.2 Å². The van der Waals surface area contributed by atoms with Gasteiger partial charge >= 0.3 is 0 Å². The molecule has 1 unspecified atom stereocenters. The number of fused-ring (bicyclic) bond motifs is 1. The highest BCUT2D eigenvalue weighted by atomic mass is 16.2. The molecule has 2 atom stereocenters. The normalized spacial score (nSPS) is 17.7. The van der Waals surface area contributed by atoms with Gasteiger partial charge in [-0.25, -0.2) is 0 Å². The maximum Gasteiger partial charge on any atom is 0.244 e. The van der Waals surface area contributed by atoms with Gasteiger partial charge in [-0.3, -0.25) is 4.79 Å². The Morgan fingerprint density at radius 1 is 1.47 bits per heavy atom. The van der Waals surface area contributed by atoms with E-state index in [4.69, 9.17) is 5.73 Å². The fourth-order valence-corrected chi connectivity index (χ4v) is 2.24. The number of benzene rings is 1. The molecule has 3 nitrogen and oxygen atoms in total. The Bertz CT molecular complexity index is 416. The van der Waals surface area contributed by atoms with Crippen molar-refractivity contribution in [3.63, 3.8) is 0 Å². The number of anilines is 1. The molecule has 1 aromatic carbocycles. The average molecular weight is 232 g/mol. The summed E-state index contributed by atoms with van der Waals surface area (Å²) in [5.41, 5.74) is 8.30. The van der Waals surface area contributed by atoms with Gasteiger partial charge < -0.3 is 10.6 Å². The molecule has 1 aromatic rings. The molecule has 92 valence electrons. The molecule has 1 amide bonds. The van der Waals surface area contributed by atoms with Gasteiger partial charge in [-0.2, -0.15) is 0 Å². The number of nitrogens with zero attached hydrogens (tertiary/aromatic N) is 1. The molecule has 0 aliphatic carbocycles. The molecule has 0 saturated carbocycles. The highest BCUT2D eigenvalue weighted by Crippen LogP contribution is 2.28. The zero-order valence-corrected chi connectivity index (χ0v) is 10.5. The lowest BCUT2D eigenvalue weighted by molar-refractivity contribution is -0.120. The molecule has 1 heterocycles. The summed E-state index contributed by atoms with van der Waals surface area (Å²) < 4.78 is 0. The van der Waals surface area contributed by atoms with Gasteiger partial charge in [0.05, 0.1) is 6.04 Å². The summed E-state index contributed by atoms with van der Waals surface area (Å²) in [5, 5.41) is 0. The Balaban J connectivity index is 2.18. The van der Waals surface area contributed by atoms with Crippen molar-refractivity contribution in [3.05, 3.63) is 29.8 Å². The maximum atomic E-state index is 12.3. The van der Waals surface area contributed by atoms with Gasteiger partial charge in [-0.05, 0) is 24.0 Å². The lowest BCUT2D eigenvalue weighted by atomic mass is 9.99. The molecule has 0 aromatic heterocycles. The third kappa shape index (κ3) is 2.20. The first-order valence-corrected chi connectivity index (χ1v) is 6.30. The van der Waals surface area contributed by atoms with Crippen LogP contribution in [0.3, 0.4) is 0 Å². The summed E-state index contributed by atoms with van der Waals surface area (Å²) in [6, 6.07) is 7.69. The van der Waals surface area contributed by atoms with Crippen LogP contribution in [0.4, 0.5) is 5.69 Å². The quantitative estimate of drug-likeness (QED) is 0.865. The lowest BCUT2D eigenvalue weighted by Crippen LogP contribution is -2.46. The fraction of sp³-hybridized carbons (Fsp3) is 0.500. The molecule has 2 N–H and O–H groups in total. The molecular weight excluding hydrogens is 212 g/mol. The predicted molar refractivity (Wildman–Crippen MR) is 69.9 cm³/mol. The minimum absolute atomic E-state index is 0.0595. The Morgan fingerprint density at radius 2 is 2.18 bits per heavy atom. The van der Waals surface area contributed by atoms with Gasteiger partial charge in [-0.1, -0.05) is 38.5 Å². The lowest BCUT2D eigenvalue weighted by Gasteiger charge is -2.24. The summed E-state index contributed by atoms with van der Waals surface area (Å²) in [6.45, 7) is 4.86. The fourth-order valence-electron chi connectivity index (χ4n) is 2.24. The van der Waals surface area contributed by atoms with E-state index in [0.29, 0.717) is 0 Å². The van der Waals surface area contributed by atoms with Crippen LogP contribution in [0.15, 0.2) is 24.3 Å². The average Bonchev–Trinajstić information content (AvgIpc) is 2.79. The van der Waals surface area contributed by atoms with Crippen LogP contribution >= 0.6 is 0 Å². The van der Waals surface area contributed by atoms with Crippen LogP contribution in [0.5, 0.6) is 0 Å². The molecule has 1 aliphatic rings. The Morgan fingerprint density at radius 3 is 2.88 bits per heavy atom. The van der Waals surface area contributed by atoms with E-state index >= 15 is 0 Å². The third-order valence-corrected chi connectivity index (χ3v) is 3.70. The van der Waals surface area contributed by atoms with Gasteiger partial charge in [0.2, 0.25) is 5.91 Å².